The van der Waals surface area contributed by atoms with Crippen LogP contribution in [0.5, 0.6) is 5.95 Å². The van der Waals surface area contributed by atoms with Gasteiger partial charge in [0, 0.05) is 6.54 Å². The Bertz CT molecular complexity index is 647. The molecule has 0 aliphatic rings. The highest BCUT2D eigenvalue weighted by Crippen LogP contribution is 2.13. The van der Waals surface area contributed by atoms with Crippen LogP contribution in [-0.2, 0) is 17.8 Å². The summed E-state index contributed by atoms with van der Waals surface area (Å²) in [5.74, 6) is -1.05. The number of rotatable bonds is 7. The van der Waals surface area contributed by atoms with Gasteiger partial charge in [0.2, 0.25) is 0 Å². The number of aromatic nitrogens is 1. The van der Waals surface area contributed by atoms with E-state index in [9.17, 15) is 14.7 Å². The van der Waals surface area contributed by atoms with Crippen LogP contribution in [0, 0.1) is 0 Å². The molecular weight excluding hydrogens is 288 g/mol. The van der Waals surface area contributed by atoms with Crippen LogP contribution in [-0.4, -0.2) is 22.7 Å². The van der Waals surface area contributed by atoms with E-state index < -0.39 is 11.8 Å². The number of alkyl carbamates (subject to hydrolysis) is 1. The third kappa shape index (κ3) is 5.01. The number of hydrogen-bond donors (Lipinski definition) is 3. The van der Waals surface area contributed by atoms with Crippen molar-refractivity contribution >= 4 is 6.09 Å². The smallest absolute Gasteiger partial charge is 0.419 e. The second kappa shape index (κ2) is 7.92. The summed E-state index contributed by atoms with van der Waals surface area (Å²) in [6.45, 7) is 0.688. The molecule has 0 saturated carbocycles. The number of carbonyl (C=O) groups excluding carboxylic acids is 1. The summed E-state index contributed by atoms with van der Waals surface area (Å²) in [5, 5.41) is 11.9. The van der Waals surface area contributed by atoms with E-state index >= 15 is 0 Å². The Labute approximate surface area is 126 Å². The number of unbranched alkanes of at least 4 members (excludes halogenated alkanes) is 1. The summed E-state index contributed by atoms with van der Waals surface area (Å²) in [6.07, 6.45) is 1.37. The van der Waals surface area contributed by atoms with Gasteiger partial charge in [-0.25, -0.2) is 9.59 Å². The highest BCUT2D eigenvalue weighted by molar-refractivity contribution is 5.67. The summed E-state index contributed by atoms with van der Waals surface area (Å²) in [6, 6.07) is 9.42. The SMILES string of the molecule is O=C(NCCCCc1[nH]c(=O)oc1O)OCc1ccccc1. The third-order valence-corrected chi connectivity index (χ3v) is 3.04. The number of hydrogen-bond acceptors (Lipinski definition) is 5. The van der Waals surface area contributed by atoms with Crippen LogP contribution in [0.1, 0.15) is 24.1 Å². The zero-order valence-corrected chi connectivity index (χ0v) is 12.0. The van der Waals surface area contributed by atoms with Crippen molar-refractivity contribution < 1.29 is 19.1 Å². The van der Waals surface area contributed by atoms with Gasteiger partial charge in [-0.1, -0.05) is 30.3 Å². The largest absolute Gasteiger partial charge is 0.479 e. The molecule has 0 aliphatic heterocycles. The predicted molar refractivity (Wildman–Crippen MR) is 78.6 cm³/mol. The quantitative estimate of drug-likeness (QED) is 0.678. The van der Waals surface area contributed by atoms with Gasteiger partial charge in [0.25, 0.3) is 0 Å². The molecule has 0 atom stereocenters. The van der Waals surface area contributed by atoms with Crippen molar-refractivity contribution in [1.29, 1.82) is 0 Å². The van der Waals surface area contributed by atoms with Crippen LogP contribution in [0.2, 0.25) is 0 Å². The van der Waals surface area contributed by atoms with Crippen LogP contribution in [0.25, 0.3) is 0 Å². The predicted octanol–water partition coefficient (Wildman–Crippen LogP) is 1.92. The second-order valence-electron chi connectivity index (χ2n) is 4.74. The zero-order valence-electron chi connectivity index (χ0n) is 12.0. The van der Waals surface area contributed by atoms with Gasteiger partial charge in [0.1, 0.15) is 12.3 Å². The second-order valence-corrected chi connectivity index (χ2v) is 4.74. The first-order valence-electron chi connectivity index (χ1n) is 7.00. The fourth-order valence-electron chi connectivity index (χ4n) is 1.91. The maximum absolute atomic E-state index is 11.5. The molecule has 1 heterocycles. The number of H-pyrrole nitrogens is 1. The van der Waals surface area contributed by atoms with Crippen molar-refractivity contribution in [2.24, 2.45) is 0 Å². The third-order valence-electron chi connectivity index (χ3n) is 3.04. The number of carbonyl (C=O) groups is 1. The van der Waals surface area contributed by atoms with E-state index in [0.717, 1.165) is 5.56 Å². The number of aromatic hydroxyl groups is 1. The van der Waals surface area contributed by atoms with Gasteiger partial charge in [0.15, 0.2) is 0 Å². The molecule has 2 rings (SSSR count). The first-order chi connectivity index (χ1) is 10.6. The Morgan fingerprint density at radius 3 is 2.73 bits per heavy atom. The van der Waals surface area contributed by atoms with E-state index in [2.05, 4.69) is 14.7 Å². The summed E-state index contributed by atoms with van der Waals surface area (Å²) < 4.78 is 9.50. The maximum atomic E-state index is 11.5. The first kappa shape index (κ1) is 15.7. The molecule has 2 aromatic rings. The fraction of sp³-hybridized carbons (Fsp3) is 0.333. The lowest BCUT2D eigenvalue weighted by molar-refractivity contribution is 0.139. The number of ether oxygens (including phenoxy) is 1. The number of aryl methyl sites for hydroxylation is 1. The van der Waals surface area contributed by atoms with Crippen LogP contribution < -0.4 is 11.1 Å². The van der Waals surface area contributed by atoms with E-state index in [1.54, 1.807) is 0 Å². The molecule has 0 radical (unpaired) electrons. The van der Waals surface area contributed by atoms with Crippen LogP contribution in [0.4, 0.5) is 4.79 Å². The van der Waals surface area contributed by atoms with E-state index in [1.165, 1.54) is 0 Å². The van der Waals surface area contributed by atoms with Crippen molar-refractivity contribution in [3.63, 3.8) is 0 Å². The van der Waals surface area contributed by atoms with Gasteiger partial charge >= 0.3 is 17.8 Å². The monoisotopic (exact) mass is 306 g/mol. The molecule has 22 heavy (non-hydrogen) atoms. The molecule has 1 aromatic heterocycles. The van der Waals surface area contributed by atoms with Crippen LogP contribution in [0.3, 0.4) is 0 Å². The Balaban J connectivity index is 1.57. The number of aromatic amines is 1. The van der Waals surface area contributed by atoms with E-state index in [-0.39, 0.29) is 12.6 Å². The highest BCUT2D eigenvalue weighted by Gasteiger charge is 2.07. The molecular formula is C15H18N2O5. The Morgan fingerprint density at radius 1 is 1.27 bits per heavy atom. The molecule has 0 aliphatic carbocycles. The fourth-order valence-corrected chi connectivity index (χ4v) is 1.91. The lowest BCUT2D eigenvalue weighted by atomic mass is 10.2. The molecule has 1 amide bonds. The number of oxazole rings is 1. The average Bonchev–Trinajstić information content (AvgIpc) is 2.84. The minimum absolute atomic E-state index is 0.233. The van der Waals surface area contributed by atoms with Gasteiger partial charge in [-0.05, 0) is 24.8 Å². The molecule has 3 N–H and O–H groups in total. The van der Waals surface area contributed by atoms with E-state index in [4.69, 9.17) is 4.74 Å². The van der Waals surface area contributed by atoms with Gasteiger partial charge < -0.3 is 19.6 Å². The normalized spacial score (nSPS) is 10.4. The van der Waals surface area contributed by atoms with Gasteiger partial charge in [-0.2, -0.15) is 0 Å². The Kier molecular flexibility index (Phi) is 5.65. The molecule has 0 saturated heterocycles. The molecule has 0 fully saturated rings. The summed E-state index contributed by atoms with van der Waals surface area (Å²) in [7, 11) is 0. The van der Waals surface area contributed by atoms with Gasteiger partial charge in [-0.3, -0.25) is 4.98 Å². The van der Waals surface area contributed by atoms with Crippen molar-refractivity contribution in [2.45, 2.75) is 25.9 Å². The number of amides is 1. The summed E-state index contributed by atoms with van der Waals surface area (Å²) in [4.78, 5) is 24.7. The Morgan fingerprint density at radius 2 is 2.05 bits per heavy atom. The first-order valence-corrected chi connectivity index (χ1v) is 7.00. The molecule has 0 spiro atoms. The van der Waals surface area contributed by atoms with Crippen molar-refractivity contribution in [3.8, 4) is 5.95 Å². The molecule has 118 valence electrons. The van der Waals surface area contributed by atoms with Crippen LogP contribution >= 0.6 is 0 Å². The molecule has 7 heteroatoms. The lowest BCUT2D eigenvalue weighted by Crippen LogP contribution is -2.25. The zero-order chi connectivity index (χ0) is 15.8. The van der Waals surface area contributed by atoms with Crippen LogP contribution in [0.15, 0.2) is 39.5 Å². The molecule has 0 unspecified atom stereocenters. The number of benzene rings is 1. The van der Waals surface area contributed by atoms with Crippen molar-refractivity contribution in [2.75, 3.05) is 6.54 Å². The van der Waals surface area contributed by atoms with E-state index in [1.807, 2.05) is 30.3 Å². The average molecular weight is 306 g/mol. The number of nitrogens with one attached hydrogen (secondary N) is 2. The minimum Gasteiger partial charge on any atom is -0.479 e. The standard InChI is InChI=1S/C15H18N2O5/c18-13-12(17-15(20)22-13)8-4-5-9-16-14(19)21-10-11-6-2-1-3-7-11/h1-3,6-7,18H,4-5,8-10H2,(H,16,19)(H,17,20). The topological polar surface area (TPSA) is 105 Å². The van der Waals surface area contributed by atoms with Gasteiger partial charge in [0.05, 0.1) is 0 Å². The molecule has 0 bridgehead atoms. The van der Waals surface area contributed by atoms with Crippen molar-refractivity contribution in [1.82, 2.24) is 10.3 Å². The van der Waals surface area contributed by atoms with Gasteiger partial charge in [-0.15, -0.1) is 0 Å². The lowest BCUT2D eigenvalue weighted by Gasteiger charge is -2.06. The molecule has 1 aromatic carbocycles. The van der Waals surface area contributed by atoms with Crippen molar-refractivity contribution in [3.05, 3.63) is 52.1 Å². The maximum Gasteiger partial charge on any atom is 0.419 e. The summed E-state index contributed by atoms with van der Waals surface area (Å²) in [5.41, 5.74) is 1.30. The minimum atomic E-state index is -0.671. The Hall–Kier alpha value is -2.70. The summed E-state index contributed by atoms with van der Waals surface area (Å²) >= 11 is 0. The molecule has 7 nitrogen and oxygen atoms in total. The van der Waals surface area contributed by atoms with E-state index in [0.29, 0.717) is 31.5 Å². The highest BCUT2D eigenvalue weighted by atomic mass is 16.5.